The van der Waals surface area contributed by atoms with E-state index in [4.69, 9.17) is 4.42 Å². The molecule has 27 heavy (non-hydrogen) atoms. The van der Waals surface area contributed by atoms with Crippen LogP contribution < -0.4 is 5.32 Å². The Morgan fingerprint density at radius 2 is 2.04 bits per heavy atom. The molecule has 1 aliphatic rings. The zero-order valence-electron chi connectivity index (χ0n) is 15.5. The lowest BCUT2D eigenvalue weighted by Crippen LogP contribution is -2.32. The number of rotatable bonds is 6. The number of methoxy groups -OCH3 is 1. The van der Waals surface area contributed by atoms with Crippen molar-refractivity contribution < 1.29 is 23.1 Å². The van der Waals surface area contributed by atoms with Gasteiger partial charge in [-0.25, -0.2) is 4.39 Å². The standard InChI is InChI=1S/C20H23FN2O4/c1-13-19(20(25)22-9-7-18(24)26-2)16-12-23(10-8-17(16)27-13)11-14-3-5-15(21)6-4-14/h3-6H,7-12H2,1-2H3,(H,22,25). The van der Waals surface area contributed by atoms with E-state index in [-0.39, 0.29) is 30.7 Å². The number of nitrogens with zero attached hydrogens (tertiary/aromatic N) is 1. The minimum Gasteiger partial charge on any atom is -0.469 e. The summed E-state index contributed by atoms with van der Waals surface area (Å²) in [6, 6.07) is 6.44. The molecule has 0 fully saturated rings. The number of carbonyl (C=O) groups excluding carboxylic acids is 2. The molecule has 0 saturated heterocycles. The van der Waals surface area contributed by atoms with Gasteiger partial charge in [-0.05, 0) is 24.6 Å². The monoisotopic (exact) mass is 374 g/mol. The number of nitrogens with one attached hydrogen (secondary N) is 1. The molecule has 0 atom stereocenters. The summed E-state index contributed by atoms with van der Waals surface area (Å²) in [5, 5.41) is 2.75. The van der Waals surface area contributed by atoms with Crippen LogP contribution in [0.1, 0.15) is 39.4 Å². The van der Waals surface area contributed by atoms with Crippen LogP contribution in [-0.2, 0) is 29.0 Å². The van der Waals surface area contributed by atoms with Gasteiger partial charge in [0.05, 0.1) is 19.1 Å². The summed E-state index contributed by atoms with van der Waals surface area (Å²) in [4.78, 5) is 26.0. The predicted molar refractivity (Wildman–Crippen MR) is 96.6 cm³/mol. The van der Waals surface area contributed by atoms with E-state index in [2.05, 4.69) is 15.0 Å². The van der Waals surface area contributed by atoms with E-state index in [1.54, 1.807) is 19.1 Å². The Morgan fingerprint density at radius 3 is 2.74 bits per heavy atom. The topological polar surface area (TPSA) is 71.8 Å². The maximum atomic E-state index is 13.1. The Hall–Kier alpha value is -2.67. The van der Waals surface area contributed by atoms with Gasteiger partial charge in [-0.1, -0.05) is 12.1 Å². The number of fused-ring (bicyclic) bond motifs is 1. The van der Waals surface area contributed by atoms with Crippen LogP contribution in [0.15, 0.2) is 28.7 Å². The number of amides is 1. The Balaban J connectivity index is 1.68. The fourth-order valence-electron chi connectivity index (χ4n) is 3.33. The average Bonchev–Trinajstić information content (AvgIpc) is 2.98. The largest absolute Gasteiger partial charge is 0.469 e. The summed E-state index contributed by atoms with van der Waals surface area (Å²) in [7, 11) is 1.32. The highest BCUT2D eigenvalue weighted by atomic mass is 19.1. The number of furan rings is 1. The molecule has 0 radical (unpaired) electrons. The lowest BCUT2D eigenvalue weighted by atomic mass is 10.0. The van der Waals surface area contributed by atoms with Gasteiger partial charge in [-0.15, -0.1) is 0 Å². The van der Waals surface area contributed by atoms with E-state index in [9.17, 15) is 14.0 Å². The first kappa shape index (κ1) is 19.1. The number of hydrogen-bond acceptors (Lipinski definition) is 5. The molecule has 0 bridgehead atoms. The van der Waals surface area contributed by atoms with Crippen LogP contribution in [-0.4, -0.2) is 37.0 Å². The molecule has 7 heteroatoms. The van der Waals surface area contributed by atoms with Crippen LogP contribution in [0.3, 0.4) is 0 Å². The van der Waals surface area contributed by atoms with Gasteiger partial charge >= 0.3 is 5.97 Å². The van der Waals surface area contributed by atoms with E-state index in [1.165, 1.54) is 19.2 Å². The van der Waals surface area contributed by atoms with E-state index in [0.717, 1.165) is 23.4 Å². The molecule has 1 aromatic carbocycles. The second-order valence-corrected chi connectivity index (χ2v) is 6.60. The Morgan fingerprint density at radius 1 is 1.30 bits per heavy atom. The smallest absolute Gasteiger partial charge is 0.307 e. The quantitative estimate of drug-likeness (QED) is 0.787. The fraction of sp³-hybridized carbons (Fsp3) is 0.400. The van der Waals surface area contributed by atoms with Crippen molar-refractivity contribution >= 4 is 11.9 Å². The lowest BCUT2D eigenvalue weighted by Gasteiger charge is -2.26. The summed E-state index contributed by atoms with van der Waals surface area (Å²) in [6.45, 7) is 4.06. The van der Waals surface area contributed by atoms with Crippen molar-refractivity contribution in [2.24, 2.45) is 0 Å². The number of halogens is 1. The third-order valence-electron chi connectivity index (χ3n) is 4.69. The van der Waals surface area contributed by atoms with Crippen LogP contribution in [0, 0.1) is 12.7 Å². The Kier molecular flexibility index (Phi) is 5.91. The van der Waals surface area contributed by atoms with Gasteiger partial charge in [-0.2, -0.15) is 0 Å². The predicted octanol–water partition coefficient (Wildman–Crippen LogP) is 2.58. The van der Waals surface area contributed by atoms with Crippen LogP contribution in [0.25, 0.3) is 0 Å². The number of ether oxygens (including phenoxy) is 1. The van der Waals surface area contributed by atoms with E-state index < -0.39 is 0 Å². The first-order chi connectivity index (χ1) is 13.0. The van der Waals surface area contributed by atoms with Gasteiger partial charge in [0, 0.05) is 38.2 Å². The minimum atomic E-state index is -0.369. The molecular formula is C20H23FN2O4. The molecule has 0 spiro atoms. The van der Waals surface area contributed by atoms with Gasteiger partial charge in [0.15, 0.2) is 0 Å². The van der Waals surface area contributed by atoms with E-state index >= 15 is 0 Å². The molecule has 1 aromatic heterocycles. The number of benzene rings is 1. The van der Waals surface area contributed by atoms with Gasteiger partial charge in [-0.3, -0.25) is 14.5 Å². The average molecular weight is 374 g/mol. The second kappa shape index (κ2) is 8.35. The van der Waals surface area contributed by atoms with Crippen molar-refractivity contribution in [3.63, 3.8) is 0 Å². The molecule has 3 rings (SSSR count). The molecule has 2 aromatic rings. The molecule has 144 valence electrons. The van der Waals surface area contributed by atoms with Gasteiger partial charge in [0.2, 0.25) is 0 Å². The number of aryl methyl sites for hydroxylation is 1. The number of hydrogen-bond donors (Lipinski definition) is 1. The first-order valence-corrected chi connectivity index (χ1v) is 8.91. The van der Waals surface area contributed by atoms with Crippen molar-refractivity contribution in [2.75, 3.05) is 20.2 Å². The van der Waals surface area contributed by atoms with Gasteiger partial charge in [0.1, 0.15) is 17.3 Å². The summed E-state index contributed by atoms with van der Waals surface area (Å²) < 4.78 is 23.5. The van der Waals surface area contributed by atoms with Crippen LogP contribution in [0.4, 0.5) is 4.39 Å². The van der Waals surface area contributed by atoms with Crippen molar-refractivity contribution in [1.29, 1.82) is 0 Å². The lowest BCUT2D eigenvalue weighted by molar-refractivity contribution is -0.140. The molecule has 0 saturated carbocycles. The van der Waals surface area contributed by atoms with Crippen LogP contribution in [0.2, 0.25) is 0 Å². The zero-order chi connectivity index (χ0) is 19.4. The zero-order valence-corrected chi connectivity index (χ0v) is 15.5. The molecule has 1 N–H and O–H groups in total. The second-order valence-electron chi connectivity index (χ2n) is 6.60. The third-order valence-corrected chi connectivity index (χ3v) is 4.69. The fourth-order valence-corrected chi connectivity index (χ4v) is 3.33. The molecule has 6 nitrogen and oxygen atoms in total. The van der Waals surface area contributed by atoms with Gasteiger partial charge in [0.25, 0.3) is 5.91 Å². The maximum absolute atomic E-state index is 13.1. The highest BCUT2D eigenvalue weighted by molar-refractivity contribution is 5.97. The minimum absolute atomic E-state index is 0.123. The van der Waals surface area contributed by atoms with Crippen LogP contribution in [0.5, 0.6) is 0 Å². The number of carbonyl (C=O) groups is 2. The van der Waals surface area contributed by atoms with Crippen molar-refractivity contribution in [3.8, 4) is 0 Å². The molecule has 2 heterocycles. The normalized spacial score (nSPS) is 13.9. The van der Waals surface area contributed by atoms with Gasteiger partial charge < -0.3 is 14.5 Å². The Bertz CT molecular complexity index is 829. The summed E-state index contributed by atoms with van der Waals surface area (Å²) in [6.07, 6.45) is 0.838. The molecule has 0 unspecified atom stereocenters. The third kappa shape index (κ3) is 4.54. The Labute approximate surface area is 157 Å². The van der Waals surface area contributed by atoms with Crippen molar-refractivity contribution in [3.05, 3.63) is 58.3 Å². The maximum Gasteiger partial charge on any atom is 0.307 e. The molecule has 1 aliphatic heterocycles. The van der Waals surface area contributed by atoms with Crippen molar-refractivity contribution in [2.45, 2.75) is 32.9 Å². The molecular weight excluding hydrogens is 351 g/mol. The highest BCUT2D eigenvalue weighted by Gasteiger charge is 2.28. The summed E-state index contributed by atoms with van der Waals surface area (Å²) >= 11 is 0. The van der Waals surface area contributed by atoms with Crippen LogP contribution >= 0.6 is 0 Å². The SMILES string of the molecule is COC(=O)CCNC(=O)c1c(C)oc2c1CN(Cc1ccc(F)cc1)CC2. The highest BCUT2D eigenvalue weighted by Crippen LogP contribution is 2.29. The van der Waals surface area contributed by atoms with Crippen molar-refractivity contribution in [1.82, 2.24) is 10.2 Å². The first-order valence-electron chi connectivity index (χ1n) is 8.91. The van der Waals surface area contributed by atoms with E-state index in [1.807, 2.05) is 0 Å². The molecule has 0 aliphatic carbocycles. The van der Waals surface area contributed by atoms with E-state index in [0.29, 0.717) is 30.8 Å². The summed E-state index contributed by atoms with van der Waals surface area (Å²) in [5.74, 6) is 0.549. The summed E-state index contributed by atoms with van der Waals surface area (Å²) in [5.41, 5.74) is 2.44. The molecule has 1 amide bonds. The number of esters is 1.